The monoisotopic (exact) mass is 332 g/mol. The zero-order valence-corrected chi connectivity index (χ0v) is 13.1. The molecule has 0 spiro atoms. The zero-order chi connectivity index (χ0) is 15.5. The number of carboxylic acids is 1. The molecule has 2 amide bonds. The van der Waals surface area contributed by atoms with Gasteiger partial charge in [-0.25, -0.2) is 4.79 Å². The molecule has 1 aromatic rings. The fourth-order valence-corrected chi connectivity index (χ4v) is 3.17. The van der Waals surface area contributed by atoms with Gasteiger partial charge in [0, 0.05) is 11.4 Å². The van der Waals surface area contributed by atoms with Gasteiger partial charge in [-0.3, -0.25) is 4.79 Å². The molecular weight excluding hydrogens is 316 g/mol. The summed E-state index contributed by atoms with van der Waals surface area (Å²) in [5.41, 5.74) is -1.08. The van der Waals surface area contributed by atoms with E-state index in [9.17, 15) is 14.7 Å². The number of halogens is 1. The number of carbonyl (C=O) groups is 2. The van der Waals surface area contributed by atoms with Crippen LogP contribution < -0.4 is 10.6 Å². The molecule has 1 aromatic heterocycles. The second-order valence-electron chi connectivity index (χ2n) is 5.15. The molecule has 2 heterocycles. The number of hydrogen-bond acceptors (Lipinski definition) is 4. The number of amides is 2. The first-order valence-corrected chi connectivity index (χ1v) is 7.71. The maximum absolute atomic E-state index is 11.8. The van der Waals surface area contributed by atoms with Gasteiger partial charge in [0.15, 0.2) is 0 Å². The van der Waals surface area contributed by atoms with Crippen LogP contribution in [0, 0.1) is 5.41 Å². The number of urea groups is 1. The van der Waals surface area contributed by atoms with Crippen molar-refractivity contribution in [3.05, 3.63) is 21.3 Å². The zero-order valence-electron chi connectivity index (χ0n) is 11.5. The third-order valence-corrected chi connectivity index (χ3v) is 4.83. The Hall–Kier alpha value is -1.31. The van der Waals surface area contributed by atoms with Crippen LogP contribution in [0.4, 0.5) is 4.79 Å². The number of hydrogen-bond donors (Lipinski definition) is 3. The van der Waals surface area contributed by atoms with Crippen LogP contribution in [0.15, 0.2) is 12.1 Å². The lowest BCUT2D eigenvalue weighted by molar-refractivity contribution is -0.148. The summed E-state index contributed by atoms with van der Waals surface area (Å²) in [5.74, 6) is -0.974. The topological polar surface area (TPSA) is 87.7 Å². The fourth-order valence-electron chi connectivity index (χ4n) is 2.08. The standard InChI is InChI=1S/C13H17ClN2O4S/c1-13(11(17)18)7-20-6-9(13)16-12(19)15-5-4-8-2-3-10(14)21-8/h2-3,9H,4-7H2,1H3,(H,17,18)(H2,15,16,19). The molecule has 21 heavy (non-hydrogen) atoms. The van der Waals surface area contributed by atoms with Crippen molar-refractivity contribution >= 4 is 34.9 Å². The lowest BCUT2D eigenvalue weighted by Crippen LogP contribution is -2.52. The van der Waals surface area contributed by atoms with E-state index in [1.54, 1.807) is 6.92 Å². The van der Waals surface area contributed by atoms with E-state index >= 15 is 0 Å². The first-order valence-electron chi connectivity index (χ1n) is 6.51. The van der Waals surface area contributed by atoms with Crippen LogP contribution in [-0.4, -0.2) is 42.9 Å². The quantitative estimate of drug-likeness (QED) is 0.766. The highest BCUT2D eigenvalue weighted by molar-refractivity contribution is 7.16. The Bertz CT molecular complexity index is 536. The van der Waals surface area contributed by atoms with Gasteiger partial charge in [-0.2, -0.15) is 0 Å². The third kappa shape index (κ3) is 3.87. The minimum atomic E-state index is -1.08. The summed E-state index contributed by atoms with van der Waals surface area (Å²) in [6.07, 6.45) is 0.683. The summed E-state index contributed by atoms with van der Waals surface area (Å²) < 4.78 is 5.89. The van der Waals surface area contributed by atoms with Crippen molar-refractivity contribution in [1.29, 1.82) is 0 Å². The average molecular weight is 333 g/mol. The molecule has 1 aliphatic rings. The highest BCUT2D eigenvalue weighted by Gasteiger charge is 2.47. The number of ether oxygens (including phenoxy) is 1. The number of aliphatic carboxylic acids is 1. The van der Waals surface area contributed by atoms with Gasteiger partial charge in [0.05, 0.1) is 23.6 Å². The third-order valence-electron chi connectivity index (χ3n) is 3.54. The largest absolute Gasteiger partial charge is 0.481 e. The predicted molar refractivity (Wildman–Crippen MR) is 79.9 cm³/mol. The van der Waals surface area contributed by atoms with Crippen LogP contribution in [0.5, 0.6) is 0 Å². The fraction of sp³-hybridized carbons (Fsp3) is 0.538. The van der Waals surface area contributed by atoms with Crippen molar-refractivity contribution in [2.24, 2.45) is 5.41 Å². The van der Waals surface area contributed by atoms with E-state index in [0.717, 1.165) is 9.21 Å². The summed E-state index contributed by atoms with van der Waals surface area (Å²) in [4.78, 5) is 24.1. The minimum absolute atomic E-state index is 0.0982. The van der Waals surface area contributed by atoms with E-state index in [0.29, 0.717) is 13.0 Å². The average Bonchev–Trinajstić information content (AvgIpc) is 2.98. The van der Waals surface area contributed by atoms with Crippen LogP contribution in [0.3, 0.4) is 0 Å². The highest BCUT2D eigenvalue weighted by Crippen LogP contribution is 2.28. The molecule has 8 heteroatoms. The van der Waals surface area contributed by atoms with Crippen LogP contribution in [0.25, 0.3) is 0 Å². The molecular formula is C13H17ClN2O4S. The Morgan fingerprint density at radius 3 is 2.95 bits per heavy atom. The molecule has 3 N–H and O–H groups in total. The molecule has 0 aliphatic carbocycles. The van der Waals surface area contributed by atoms with Crippen LogP contribution in [-0.2, 0) is 16.0 Å². The van der Waals surface area contributed by atoms with Crippen LogP contribution in [0.2, 0.25) is 4.34 Å². The van der Waals surface area contributed by atoms with Gasteiger partial charge in [-0.1, -0.05) is 11.6 Å². The molecule has 1 fully saturated rings. The maximum Gasteiger partial charge on any atom is 0.315 e. The number of thiophene rings is 1. The second kappa shape index (κ2) is 6.64. The molecule has 116 valence electrons. The Labute approximate surface area is 131 Å². The summed E-state index contributed by atoms with van der Waals surface area (Å²) >= 11 is 7.30. The number of nitrogens with one attached hydrogen (secondary N) is 2. The number of rotatable bonds is 5. The maximum atomic E-state index is 11.8. The van der Waals surface area contributed by atoms with Gasteiger partial charge in [0.25, 0.3) is 0 Å². The van der Waals surface area contributed by atoms with Crippen molar-refractivity contribution < 1.29 is 19.4 Å². The van der Waals surface area contributed by atoms with Crippen molar-refractivity contribution in [3.8, 4) is 0 Å². The lowest BCUT2D eigenvalue weighted by atomic mass is 9.85. The van der Waals surface area contributed by atoms with E-state index in [-0.39, 0.29) is 19.2 Å². The van der Waals surface area contributed by atoms with E-state index < -0.39 is 17.4 Å². The van der Waals surface area contributed by atoms with Gasteiger partial charge in [-0.05, 0) is 25.5 Å². The smallest absolute Gasteiger partial charge is 0.315 e. The molecule has 6 nitrogen and oxygen atoms in total. The van der Waals surface area contributed by atoms with Crippen molar-refractivity contribution in [3.63, 3.8) is 0 Å². The van der Waals surface area contributed by atoms with Gasteiger partial charge < -0.3 is 20.5 Å². The Kier molecular flexibility index (Phi) is 5.08. The highest BCUT2D eigenvalue weighted by atomic mass is 35.5. The Morgan fingerprint density at radius 2 is 2.33 bits per heavy atom. The van der Waals surface area contributed by atoms with Gasteiger partial charge in [0.2, 0.25) is 0 Å². The molecule has 2 atom stereocenters. The van der Waals surface area contributed by atoms with Gasteiger partial charge in [-0.15, -0.1) is 11.3 Å². The lowest BCUT2D eigenvalue weighted by Gasteiger charge is -2.25. The Balaban J connectivity index is 1.78. The van der Waals surface area contributed by atoms with Crippen molar-refractivity contribution in [1.82, 2.24) is 10.6 Å². The van der Waals surface area contributed by atoms with E-state index in [4.69, 9.17) is 16.3 Å². The molecule has 0 saturated carbocycles. The van der Waals surface area contributed by atoms with E-state index in [1.807, 2.05) is 12.1 Å². The van der Waals surface area contributed by atoms with Crippen molar-refractivity contribution in [2.45, 2.75) is 19.4 Å². The summed E-state index contributed by atoms with van der Waals surface area (Å²) in [6.45, 7) is 2.33. The molecule has 0 bridgehead atoms. The molecule has 0 radical (unpaired) electrons. The normalized spacial score (nSPS) is 24.8. The second-order valence-corrected chi connectivity index (χ2v) is 6.95. The van der Waals surface area contributed by atoms with Crippen LogP contribution >= 0.6 is 22.9 Å². The van der Waals surface area contributed by atoms with Gasteiger partial charge >= 0.3 is 12.0 Å². The SMILES string of the molecule is CC1(C(=O)O)COCC1NC(=O)NCCc1ccc(Cl)s1. The van der Waals surface area contributed by atoms with E-state index in [1.165, 1.54) is 11.3 Å². The van der Waals surface area contributed by atoms with Crippen molar-refractivity contribution in [2.75, 3.05) is 19.8 Å². The molecule has 2 rings (SSSR count). The minimum Gasteiger partial charge on any atom is -0.481 e. The summed E-state index contributed by atoms with van der Waals surface area (Å²) in [6, 6.07) is 2.81. The summed E-state index contributed by atoms with van der Waals surface area (Å²) in [5, 5.41) is 14.6. The first kappa shape index (κ1) is 16.1. The molecule has 1 saturated heterocycles. The Morgan fingerprint density at radius 1 is 1.57 bits per heavy atom. The van der Waals surface area contributed by atoms with E-state index in [2.05, 4.69) is 10.6 Å². The number of carbonyl (C=O) groups excluding carboxylic acids is 1. The predicted octanol–water partition coefficient (Wildman–Crippen LogP) is 1.73. The molecule has 0 aromatic carbocycles. The molecule has 2 unspecified atom stereocenters. The van der Waals surface area contributed by atoms with Gasteiger partial charge in [0.1, 0.15) is 5.41 Å². The summed E-state index contributed by atoms with van der Waals surface area (Å²) in [7, 11) is 0. The molecule has 1 aliphatic heterocycles. The first-order chi connectivity index (χ1) is 9.91. The number of carboxylic acid groups (broad SMARTS) is 1. The van der Waals surface area contributed by atoms with Crippen LogP contribution in [0.1, 0.15) is 11.8 Å².